The Morgan fingerprint density at radius 3 is 2.42 bits per heavy atom. The first kappa shape index (κ1) is 23.0. The van der Waals surface area contributed by atoms with Gasteiger partial charge in [-0.2, -0.15) is 4.99 Å². The number of rotatable bonds is 6. The maximum atomic E-state index is 12.8. The molecule has 0 atom stereocenters. The van der Waals surface area contributed by atoms with E-state index in [-0.39, 0.29) is 4.90 Å². The van der Waals surface area contributed by atoms with Gasteiger partial charge in [-0.15, -0.1) is 0 Å². The minimum Gasteiger partial charge on any atom is -0.495 e. The monoisotopic (exact) mass is 501 g/mol. The number of thiazole rings is 1. The zero-order valence-corrected chi connectivity index (χ0v) is 20.2. The van der Waals surface area contributed by atoms with Crippen molar-refractivity contribution in [3.05, 3.63) is 82.1 Å². The van der Waals surface area contributed by atoms with E-state index >= 15 is 0 Å². The number of sulfonamides is 1. The van der Waals surface area contributed by atoms with Crippen molar-refractivity contribution in [3.63, 3.8) is 0 Å². The Bertz CT molecular complexity index is 1490. The van der Waals surface area contributed by atoms with Crippen LogP contribution in [0.2, 0.25) is 5.02 Å². The molecule has 10 heteroatoms. The fraction of sp³-hybridized carbons (Fsp3) is 0.130. The SMILES string of the molecule is CCn1c(=NC(=O)c2ccc(NS(=O)(=O)c3ccc(Cl)cc3)cc2)sc2cccc(OC)c21. The van der Waals surface area contributed by atoms with E-state index in [1.54, 1.807) is 7.11 Å². The molecular weight excluding hydrogens is 482 g/mol. The summed E-state index contributed by atoms with van der Waals surface area (Å²) in [6.45, 7) is 2.60. The van der Waals surface area contributed by atoms with Gasteiger partial charge in [0.1, 0.15) is 11.3 Å². The third kappa shape index (κ3) is 4.80. The van der Waals surface area contributed by atoms with Crippen LogP contribution >= 0.6 is 22.9 Å². The number of benzene rings is 3. The molecule has 0 aliphatic rings. The number of aryl methyl sites for hydroxylation is 1. The molecule has 0 unspecified atom stereocenters. The lowest BCUT2D eigenvalue weighted by Gasteiger charge is -2.08. The first-order valence-electron chi connectivity index (χ1n) is 9.96. The van der Waals surface area contributed by atoms with Crippen LogP contribution in [0.15, 0.2) is 76.6 Å². The number of carbonyl (C=O) groups is 1. The van der Waals surface area contributed by atoms with Crippen molar-refractivity contribution in [2.45, 2.75) is 18.4 Å². The van der Waals surface area contributed by atoms with Crippen LogP contribution in [0, 0.1) is 0 Å². The molecule has 0 saturated carbocycles. The predicted molar refractivity (Wildman–Crippen MR) is 131 cm³/mol. The molecule has 0 fully saturated rings. The number of aromatic nitrogens is 1. The molecule has 0 saturated heterocycles. The molecule has 33 heavy (non-hydrogen) atoms. The molecule has 0 bridgehead atoms. The van der Waals surface area contributed by atoms with Gasteiger partial charge in [0.25, 0.3) is 15.9 Å². The van der Waals surface area contributed by atoms with Crippen LogP contribution in [0.5, 0.6) is 5.75 Å². The van der Waals surface area contributed by atoms with Crippen molar-refractivity contribution in [2.24, 2.45) is 4.99 Å². The molecule has 1 heterocycles. The maximum Gasteiger partial charge on any atom is 0.279 e. The van der Waals surface area contributed by atoms with Crippen molar-refractivity contribution in [2.75, 3.05) is 11.8 Å². The molecule has 0 aliphatic heterocycles. The van der Waals surface area contributed by atoms with Gasteiger partial charge < -0.3 is 9.30 Å². The van der Waals surface area contributed by atoms with E-state index in [0.29, 0.717) is 27.6 Å². The van der Waals surface area contributed by atoms with E-state index in [4.69, 9.17) is 16.3 Å². The smallest absolute Gasteiger partial charge is 0.279 e. The van der Waals surface area contributed by atoms with Gasteiger partial charge in [-0.1, -0.05) is 29.0 Å². The summed E-state index contributed by atoms with van der Waals surface area (Å²) in [6.07, 6.45) is 0. The highest BCUT2D eigenvalue weighted by Crippen LogP contribution is 2.27. The van der Waals surface area contributed by atoms with Crippen molar-refractivity contribution in [1.29, 1.82) is 0 Å². The summed E-state index contributed by atoms with van der Waals surface area (Å²) >= 11 is 7.23. The number of ether oxygens (including phenoxy) is 1. The number of nitrogens with one attached hydrogen (secondary N) is 1. The molecule has 4 aromatic rings. The van der Waals surface area contributed by atoms with Crippen LogP contribution in [0.25, 0.3) is 10.2 Å². The molecule has 1 aromatic heterocycles. The van der Waals surface area contributed by atoms with Crippen molar-refractivity contribution < 1.29 is 17.9 Å². The molecule has 3 aromatic carbocycles. The average Bonchev–Trinajstić information content (AvgIpc) is 3.16. The van der Waals surface area contributed by atoms with E-state index in [0.717, 1.165) is 16.0 Å². The van der Waals surface area contributed by atoms with Gasteiger partial charge in [-0.25, -0.2) is 8.42 Å². The Morgan fingerprint density at radius 1 is 1.09 bits per heavy atom. The highest BCUT2D eigenvalue weighted by atomic mass is 35.5. The number of methoxy groups -OCH3 is 1. The van der Waals surface area contributed by atoms with Crippen LogP contribution in [-0.2, 0) is 16.6 Å². The summed E-state index contributed by atoms with van der Waals surface area (Å²) < 4.78 is 35.9. The fourth-order valence-corrected chi connectivity index (χ4v) is 5.60. The highest BCUT2D eigenvalue weighted by Gasteiger charge is 2.15. The zero-order valence-electron chi connectivity index (χ0n) is 17.8. The molecule has 7 nitrogen and oxygen atoms in total. The number of halogens is 1. The summed E-state index contributed by atoms with van der Waals surface area (Å²) in [5.41, 5.74) is 1.57. The lowest BCUT2D eigenvalue weighted by atomic mass is 10.2. The number of fused-ring (bicyclic) bond motifs is 1. The molecule has 1 amide bonds. The highest BCUT2D eigenvalue weighted by molar-refractivity contribution is 7.92. The number of amides is 1. The lowest BCUT2D eigenvalue weighted by molar-refractivity contribution is 0.0998. The van der Waals surface area contributed by atoms with Gasteiger partial charge in [0, 0.05) is 22.8 Å². The minimum atomic E-state index is -3.77. The maximum absolute atomic E-state index is 12.8. The molecule has 170 valence electrons. The van der Waals surface area contributed by atoms with E-state index in [1.165, 1.54) is 59.9 Å². The van der Waals surface area contributed by atoms with E-state index < -0.39 is 15.9 Å². The lowest BCUT2D eigenvalue weighted by Crippen LogP contribution is -2.16. The standard InChI is InChI=1S/C23H20ClN3O4S2/c1-3-27-21-19(31-2)5-4-6-20(21)32-23(27)25-22(28)15-7-11-17(12-8-15)26-33(29,30)18-13-9-16(24)10-14-18/h4-14,26H,3H2,1-2H3. The Labute approximate surface area is 200 Å². The van der Waals surface area contributed by atoms with Crippen LogP contribution in [0.1, 0.15) is 17.3 Å². The number of carbonyl (C=O) groups excluding carboxylic acids is 1. The van der Waals surface area contributed by atoms with Crippen molar-refractivity contribution in [1.82, 2.24) is 4.57 Å². The second-order valence-electron chi connectivity index (χ2n) is 6.99. The average molecular weight is 502 g/mol. The van der Waals surface area contributed by atoms with E-state index in [9.17, 15) is 13.2 Å². The Hall–Kier alpha value is -3.14. The van der Waals surface area contributed by atoms with Crippen LogP contribution in [0.4, 0.5) is 5.69 Å². The number of hydrogen-bond acceptors (Lipinski definition) is 5. The largest absolute Gasteiger partial charge is 0.495 e. The fourth-order valence-electron chi connectivity index (χ4n) is 3.30. The number of para-hydroxylation sites is 1. The summed E-state index contributed by atoms with van der Waals surface area (Å²) in [5.74, 6) is 0.298. The molecule has 4 rings (SSSR count). The summed E-state index contributed by atoms with van der Waals surface area (Å²) in [6, 6.07) is 17.7. The first-order chi connectivity index (χ1) is 15.8. The molecule has 1 N–H and O–H groups in total. The summed E-state index contributed by atoms with van der Waals surface area (Å²) in [5, 5.41) is 0.446. The Morgan fingerprint density at radius 2 is 1.79 bits per heavy atom. The van der Waals surface area contributed by atoms with Gasteiger partial charge in [-0.3, -0.25) is 9.52 Å². The third-order valence-electron chi connectivity index (χ3n) is 4.91. The second kappa shape index (κ2) is 9.38. The van der Waals surface area contributed by atoms with Crippen molar-refractivity contribution >= 4 is 54.8 Å². The topological polar surface area (TPSA) is 89.8 Å². The summed E-state index contributed by atoms with van der Waals surface area (Å²) in [4.78, 5) is 17.8. The van der Waals surface area contributed by atoms with Crippen LogP contribution < -0.4 is 14.3 Å². The number of hydrogen-bond donors (Lipinski definition) is 1. The molecular formula is C23H20ClN3O4S2. The molecule has 0 spiro atoms. The van der Waals surface area contributed by atoms with Gasteiger partial charge in [0.15, 0.2) is 4.80 Å². The molecule has 0 aliphatic carbocycles. The van der Waals surface area contributed by atoms with Crippen LogP contribution in [0.3, 0.4) is 0 Å². The Balaban J connectivity index is 1.60. The second-order valence-corrected chi connectivity index (χ2v) is 10.1. The van der Waals surface area contributed by atoms with Gasteiger partial charge in [-0.05, 0) is 67.6 Å². The molecule has 0 radical (unpaired) electrons. The van der Waals surface area contributed by atoms with Gasteiger partial charge in [0.05, 0.1) is 16.7 Å². The first-order valence-corrected chi connectivity index (χ1v) is 12.6. The van der Waals surface area contributed by atoms with E-state index in [2.05, 4.69) is 9.71 Å². The third-order valence-corrected chi connectivity index (χ3v) is 7.60. The quantitative estimate of drug-likeness (QED) is 0.406. The van der Waals surface area contributed by atoms with E-state index in [1.807, 2.05) is 29.7 Å². The zero-order chi connectivity index (χ0) is 23.6. The number of anilines is 1. The minimum absolute atomic E-state index is 0.0892. The van der Waals surface area contributed by atoms with Crippen LogP contribution in [-0.4, -0.2) is 26.0 Å². The summed E-state index contributed by atoms with van der Waals surface area (Å²) in [7, 11) is -2.16. The Kier molecular flexibility index (Phi) is 6.55. The van der Waals surface area contributed by atoms with Gasteiger partial charge in [0.2, 0.25) is 0 Å². The van der Waals surface area contributed by atoms with Gasteiger partial charge >= 0.3 is 0 Å². The predicted octanol–water partition coefficient (Wildman–Crippen LogP) is 4.93. The normalized spacial score (nSPS) is 12.2. The van der Waals surface area contributed by atoms with Crippen molar-refractivity contribution in [3.8, 4) is 5.75 Å². The number of nitrogens with zero attached hydrogens (tertiary/aromatic N) is 2.